The first-order chi connectivity index (χ1) is 5.20. The molecule has 0 bridgehead atoms. The second-order valence-corrected chi connectivity index (χ2v) is 3.22. The van der Waals surface area contributed by atoms with E-state index in [-0.39, 0.29) is 0 Å². The van der Waals surface area contributed by atoms with Crippen molar-refractivity contribution < 1.29 is 0 Å². The van der Waals surface area contributed by atoms with E-state index in [1.807, 2.05) is 25.2 Å². The van der Waals surface area contributed by atoms with Crippen molar-refractivity contribution in [3.8, 4) is 0 Å². The summed E-state index contributed by atoms with van der Waals surface area (Å²) in [7, 11) is 3.87. The average molecular weight is 216 g/mol. The van der Waals surface area contributed by atoms with Crippen LogP contribution in [0.1, 0.15) is 0 Å². The third-order valence-corrected chi connectivity index (χ3v) is 1.75. The first-order valence-electron chi connectivity index (χ1n) is 3.23. The minimum absolute atomic E-state index is 0.966. The molecule has 0 spiro atoms. The van der Waals surface area contributed by atoms with Crippen LogP contribution in [0, 0.1) is 0 Å². The molecule has 1 N–H and O–H groups in total. The van der Waals surface area contributed by atoms with Crippen molar-refractivity contribution in [2.45, 2.75) is 0 Å². The lowest BCUT2D eigenvalue weighted by atomic mass is 10.4. The summed E-state index contributed by atoms with van der Waals surface area (Å²) in [5.74, 6) is 0. The lowest BCUT2D eigenvalue weighted by Gasteiger charge is -2.13. The van der Waals surface area contributed by atoms with Crippen LogP contribution in [-0.4, -0.2) is 24.1 Å². The Bertz CT molecular complexity index is 237. The summed E-state index contributed by atoms with van der Waals surface area (Å²) in [6.45, 7) is 0. The Morgan fingerprint density at radius 1 is 1.55 bits per heavy atom. The second kappa shape index (κ2) is 3.69. The van der Waals surface area contributed by atoms with Gasteiger partial charge in [-0.05, 0) is 22.0 Å². The Hall–Kier alpha value is -0.610. The van der Waals surface area contributed by atoms with Gasteiger partial charge in [-0.25, -0.2) is 5.01 Å². The molecule has 0 aliphatic heterocycles. The van der Waals surface area contributed by atoms with Gasteiger partial charge in [0.15, 0.2) is 0 Å². The number of rotatable bonds is 2. The predicted molar refractivity (Wildman–Crippen MR) is 49.2 cm³/mol. The Labute approximate surface area is 74.5 Å². The van der Waals surface area contributed by atoms with Gasteiger partial charge in [0, 0.05) is 26.5 Å². The van der Waals surface area contributed by atoms with Crippen LogP contribution in [-0.2, 0) is 0 Å². The van der Waals surface area contributed by atoms with E-state index in [9.17, 15) is 0 Å². The topological polar surface area (TPSA) is 28.2 Å². The highest BCUT2D eigenvalue weighted by molar-refractivity contribution is 9.10. The number of nitrogens with zero attached hydrogens (tertiary/aromatic N) is 2. The van der Waals surface area contributed by atoms with E-state index in [1.165, 1.54) is 0 Å². The Kier molecular flexibility index (Phi) is 2.84. The minimum atomic E-state index is 0.966. The van der Waals surface area contributed by atoms with Crippen LogP contribution >= 0.6 is 15.9 Å². The zero-order valence-corrected chi connectivity index (χ0v) is 8.09. The van der Waals surface area contributed by atoms with Gasteiger partial charge in [-0.3, -0.25) is 4.98 Å². The summed E-state index contributed by atoms with van der Waals surface area (Å²) in [5, 5.41) is 1.88. The van der Waals surface area contributed by atoms with Crippen LogP contribution in [0.2, 0.25) is 0 Å². The van der Waals surface area contributed by atoms with E-state index >= 15 is 0 Å². The maximum absolute atomic E-state index is 3.95. The SMILES string of the molecule is CN(C)Nc1ccncc1Br. The molecule has 0 fully saturated rings. The number of hydrogen-bond donors (Lipinski definition) is 1. The van der Waals surface area contributed by atoms with E-state index in [0.717, 1.165) is 10.2 Å². The van der Waals surface area contributed by atoms with Crippen molar-refractivity contribution in [1.29, 1.82) is 0 Å². The Balaban J connectivity index is 2.78. The standard InChI is InChI=1S/C7H10BrN3/c1-11(2)10-7-3-4-9-5-6(7)8/h3-5H,1-2H3,(H,9,10). The molecule has 1 rings (SSSR count). The molecule has 0 saturated carbocycles. The smallest absolute Gasteiger partial charge is 0.0662 e. The van der Waals surface area contributed by atoms with E-state index in [1.54, 1.807) is 12.4 Å². The molecule has 1 aromatic heterocycles. The van der Waals surface area contributed by atoms with Crippen molar-refractivity contribution in [3.63, 3.8) is 0 Å². The quantitative estimate of drug-likeness (QED) is 0.763. The maximum atomic E-state index is 3.95. The van der Waals surface area contributed by atoms with Crippen molar-refractivity contribution in [3.05, 3.63) is 22.9 Å². The number of aromatic nitrogens is 1. The fourth-order valence-electron chi connectivity index (χ4n) is 0.707. The molecule has 0 aliphatic carbocycles. The molecular formula is C7H10BrN3. The molecular weight excluding hydrogens is 206 g/mol. The number of pyridine rings is 1. The lowest BCUT2D eigenvalue weighted by molar-refractivity contribution is 0.495. The molecule has 0 aromatic carbocycles. The fourth-order valence-corrected chi connectivity index (χ4v) is 1.05. The summed E-state index contributed by atoms with van der Waals surface area (Å²) in [5.41, 5.74) is 4.14. The molecule has 0 amide bonds. The highest BCUT2D eigenvalue weighted by Gasteiger charge is 1.97. The summed E-state index contributed by atoms with van der Waals surface area (Å²) in [6.07, 6.45) is 3.50. The first-order valence-corrected chi connectivity index (χ1v) is 4.03. The van der Waals surface area contributed by atoms with Gasteiger partial charge in [0.05, 0.1) is 10.2 Å². The van der Waals surface area contributed by atoms with E-state index in [4.69, 9.17) is 0 Å². The molecule has 4 heteroatoms. The van der Waals surface area contributed by atoms with Gasteiger partial charge in [-0.15, -0.1) is 0 Å². The largest absolute Gasteiger partial charge is 0.318 e. The summed E-state index contributed by atoms with van der Waals surface area (Å²) in [6, 6.07) is 1.91. The van der Waals surface area contributed by atoms with Gasteiger partial charge < -0.3 is 5.43 Å². The van der Waals surface area contributed by atoms with Gasteiger partial charge in [0.25, 0.3) is 0 Å². The average Bonchev–Trinajstić information content (AvgIpc) is 1.93. The molecule has 0 saturated heterocycles. The monoisotopic (exact) mass is 215 g/mol. The highest BCUT2D eigenvalue weighted by Crippen LogP contribution is 2.19. The minimum Gasteiger partial charge on any atom is -0.318 e. The van der Waals surface area contributed by atoms with Gasteiger partial charge in [0.1, 0.15) is 0 Å². The zero-order valence-electron chi connectivity index (χ0n) is 6.50. The first kappa shape index (κ1) is 8.49. The van der Waals surface area contributed by atoms with Gasteiger partial charge in [-0.2, -0.15) is 0 Å². The van der Waals surface area contributed by atoms with Crippen molar-refractivity contribution in [2.75, 3.05) is 19.5 Å². The normalized spacial score (nSPS) is 10.2. The number of nitrogens with one attached hydrogen (secondary N) is 1. The van der Waals surface area contributed by atoms with E-state index in [2.05, 4.69) is 26.3 Å². The third kappa shape index (κ3) is 2.48. The van der Waals surface area contributed by atoms with Crippen molar-refractivity contribution in [1.82, 2.24) is 9.99 Å². The molecule has 0 radical (unpaired) electrons. The lowest BCUT2D eigenvalue weighted by Crippen LogP contribution is -2.19. The van der Waals surface area contributed by atoms with Gasteiger partial charge in [-0.1, -0.05) is 0 Å². The van der Waals surface area contributed by atoms with Crippen LogP contribution < -0.4 is 5.43 Å². The molecule has 0 unspecified atom stereocenters. The molecule has 60 valence electrons. The Morgan fingerprint density at radius 3 is 2.82 bits per heavy atom. The van der Waals surface area contributed by atoms with E-state index in [0.29, 0.717) is 0 Å². The molecule has 1 aromatic rings. The number of halogens is 1. The second-order valence-electron chi connectivity index (χ2n) is 2.36. The number of hydrogen-bond acceptors (Lipinski definition) is 3. The molecule has 0 atom stereocenters. The van der Waals surface area contributed by atoms with Gasteiger partial charge in [0.2, 0.25) is 0 Å². The molecule has 1 heterocycles. The highest BCUT2D eigenvalue weighted by atomic mass is 79.9. The molecule has 0 aliphatic rings. The van der Waals surface area contributed by atoms with Crippen LogP contribution in [0.5, 0.6) is 0 Å². The number of hydrazine groups is 1. The summed E-state index contributed by atoms with van der Waals surface area (Å²) < 4.78 is 0.966. The third-order valence-electron chi connectivity index (χ3n) is 1.12. The maximum Gasteiger partial charge on any atom is 0.0662 e. The predicted octanol–water partition coefficient (Wildman–Crippen LogP) is 1.73. The number of anilines is 1. The summed E-state index contributed by atoms with van der Waals surface area (Å²) >= 11 is 3.37. The molecule has 3 nitrogen and oxygen atoms in total. The van der Waals surface area contributed by atoms with Crippen LogP contribution in [0.4, 0.5) is 5.69 Å². The Morgan fingerprint density at radius 2 is 2.27 bits per heavy atom. The van der Waals surface area contributed by atoms with Crippen LogP contribution in [0.15, 0.2) is 22.9 Å². The molecule has 11 heavy (non-hydrogen) atoms. The summed E-state index contributed by atoms with van der Waals surface area (Å²) in [4.78, 5) is 3.95. The van der Waals surface area contributed by atoms with Crippen molar-refractivity contribution in [2.24, 2.45) is 0 Å². The van der Waals surface area contributed by atoms with Gasteiger partial charge >= 0.3 is 0 Å². The van der Waals surface area contributed by atoms with Crippen LogP contribution in [0.3, 0.4) is 0 Å². The van der Waals surface area contributed by atoms with Crippen LogP contribution in [0.25, 0.3) is 0 Å². The fraction of sp³-hybridized carbons (Fsp3) is 0.286. The van der Waals surface area contributed by atoms with E-state index < -0.39 is 0 Å². The zero-order chi connectivity index (χ0) is 8.27. The van der Waals surface area contributed by atoms with Crippen molar-refractivity contribution >= 4 is 21.6 Å².